The average Bonchev–Trinajstić information content (AvgIpc) is 2.22. The molecule has 0 saturated heterocycles. The number of hydrogen-bond donors (Lipinski definition) is 0. The van der Waals surface area contributed by atoms with Gasteiger partial charge >= 0.3 is 6.09 Å². The smallest absolute Gasteiger partial charge is 0.414 e. The van der Waals surface area contributed by atoms with Crippen molar-refractivity contribution in [3.05, 3.63) is 23.8 Å². The second kappa shape index (κ2) is 3.64. The van der Waals surface area contributed by atoms with Crippen molar-refractivity contribution >= 4 is 31.5 Å². The highest BCUT2D eigenvalue weighted by Crippen LogP contribution is 2.29. The fourth-order valence-corrected chi connectivity index (χ4v) is 2.24. The number of fused-ring (bicyclic) bond motifs is 1. The largest absolute Gasteiger partial charge is 0.444 e. The molecule has 1 amide bonds. The van der Waals surface area contributed by atoms with Crippen LogP contribution < -0.4 is 4.90 Å². The maximum absolute atomic E-state index is 11.2. The predicted octanol–water partition coefficient (Wildman–Crippen LogP) is 1.70. The van der Waals surface area contributed by atoms with E-state index in [1.54, 1.807) is 6.07 Å². The molecule has 0 aromatic heterocycles. The summed E-state index contributed by atoms with van der Waals surface area (Å²) in [6.07, 6.45) is -0.517. The molecule has 1 aliphatic rings. The Labute approximate surface area is 97.0 Å². The van der Waals surface area contributed by atoms with Gasteiger partial charge in [0.2, 0.25) is 0 Å². The Morgan fingerprint density at radius 2 is 2.12 bits per heavy atom. The summed E-state index contributed by atoms with van der Waals surface area (Å²) in [4.78, 5) is 12.4. The fraction of sp³-hybridized carbons (Fsp3) is 0.222. The fourth-order valence-electron chi connectivity index (χ4n) is 1.46. The van der Waals surface area contributed by atoms with Crippen molar-refractivity contribution in [2.45, 2.75) is 11.5 Å². The lowest BCUT2D eigenvalue weighted by Crippen LogP contribution is -2.31. The number of amides is 1. The quantitative estimate of drug-likeness (QED) is 0.722. The van der Waals surface area contributed by atoms with E-state index < -0.39 is 15.1 Å². The number of hydrogen-bond acceptors (Lipinski definition) is 4. The van der Waals surface area contributed by atoms with Crippen LogP contribution in [0.3, 0.4) is 0 Å². The molecule has 0 radical (unpaired) electrons. The Bertz CT molecular complexity index is 555. The molecule has 0 fully saturated rings. The van der Waals surface area contributed by atoms with Crippen LogP contribution in [0.15, 0.2) is 23.1 Å². The number of ether oxygens (including phenoxy) is 1. The lowest BCUT2D eigenvalue weighted by Gasteiger charge is -2.25. The molecular weight excluding hydrogens is 254 g/mol. The summed E-state index contributed by atoms with van der Waals surface area (Å²) in [5, 5.41) is 0. The van der Waals surface area contributed by atoms with Gasteiger partial charge in [-0.3, -0.25) is 4.90 Å². The van der Waals surface area contributed by atoms with E-state index in [-0.39, 0.29) is 11.5 Å². The van der Waals surface area contributed by atoms with Crippen molar-refractivity contribution in [2.24, 2.45) is 0 Å². The molecule has 0 N–H and O–H groups in total. The van der Waals surface area contributed by atoms with Crippen molar-refractivity contribution < 1.29 is 17.9 Å². The lowest BCUT2D eigenvalue weighted by molar-refractivity contribution is 0.143. The van der Waals surface area contributed by atoms with Crippen LogP contribution in [0.5, 0.6) is 0 Å². The third-order valence-corrected chi connectivity index (χ3v) is 3.68. The predicted molar refractivity (Wildman–Crippen MR) is 58.1 cm³/mol. The zero-order chi connectivity index (χ0) is 11.9. The van der Waals surface area contributed by atoms with Gasteiger partial charge in [-0.05, 0) is 12.1 Å². The topological polar surface area (TPSA) is 63.7 Å². The van der Waals surface area contributed by atoms with Gasteiger partial charge in [0.15, 0.2) is 0 Å². The standard InChI is InChI=1S/C9H8ClNO4S/c1-11-8-4-7(16(10,13)14)3-2-6(8)5-15-9(11)12/h2-4H,5H2,1H3. The summed E-state index contributed by atoms with van der Waals surface area (Å²) in [6.45, 7) is 0.140. The van der Waals surface area contributed by atoms with Gasteiger partial charge in [-0.1, -0.05) is 6.07 Å². The lowest BCUT2D eigenvalue weighted by atomic mass is 10.1. The number of cyclic esters (lactones) is 1. The first-order valence-corrected chi connectivity index (χ1v) is 6.68. The molecule has 1 aromatic rings. The first-order valence-electron chi connectivity index (χ1n) is 4.37. The number of halogens is 1. The molecule has 0 spiro atoms. The monoisotopic (exact) mass is 261 g/mol. The normalized spacial score (nSPS) is 15.6. The van der Waals surface area contributed by atoms with Gasteiger partial charge in [0.1, 0.15) is 6.61 Å². The van der Waals surface area contributed by atoms with Crippen LogP contribution in [0.4, 0.5) is 10.5 Å². The van der Waals surface area contributed by atoms with E-state index in [9.17, 15) is 13.2 Å². The highest BCUT2D eigenvalue weighted by atomic mass is 35.7. The summed E-state index contributed by atoms with van der Waals surface area (Å²) in [5.41, 5.74) is 1.24. The van der Waals surface area contributed by atoms with E-state index in [0.29, 0.717) is 5.69 Å². The minimum atomic E-state index is -3.78. The van der Waals surface area contributed by atoms with Crippen molar-refractivity contribution in [2.75, 3.05) is 11.9 Å². The van der Waals surface area contributed by atoms with Crippen LogP contribution in [0.1, 0.15) is 5.56 Å². The van der Waals surface area contributed by atoms with Gasteiger partial charge < -0.3 is 4.74 Å². The molecule has 0 atom stereocenters. The third-order valence-electron chi connectivity index (χ3n) is 2.32. The number of carbonyl (C=O) groups is 1. The number of rotatable bonds is 1. The van der Waals surface area contributed by atoms with Crippen LogP contribution in [-0.2, 0) is 20.4 Å². The number of nitrogens with zero attached hydrogens (tertiary/aromatic N) is 1. The molecule has 1 heterocycles. The van der Waals surface area contributed by atoms with Crippen LogP contribution in [0, 0.1) is 0 Å². The Morgan fingerprint density at radius 3 is 2.75 bits per heavy atom. The van der Waals surface area contributed by atoms with Crippen LogP contribution in [0.25, 0.3) is 0 Å². The Hall–Kier alpha value is -1.27. The molecule has 0 saturated carbocycles. The Kier molecular flexibility index (Phi) is 2.55. The van der Waals surface area contributed by atoms with Gasteiger partial charge in [-0.15, -0.1) is 0 Å². The van der Waals surface area contributed by atoms with Crippen molar-refractivity contribution in [3.63, 3.8) is 0 Å². The summed E-state index contributed by atoms with van der Waals surface area (Å²) in [7, 11) is 2.94. The average molecular weight is 262 g/mol. The molecule has 0 unspecified atom stereocenters. The van der Waals surface area contributed by atoms with E-state index in [4.69, 9.17) is 15.4 Å². The highest BCUT2D eigenvalue weighted by molar-refractivity contribution is 8.13. The van der Waals surface area contributed by atoms with Gasteiger partial charge in [0.05, 0.1) is 10.6 Å². The zero-order valence-electron chi connectivity index (χ0n) is 8.31. The Morgan fingerprint density at radius 1 is 1.44 bits per heavy atom. The van der Waals surface area contributed by atoms with E-state index in [2.05, 4.69) is 0 Å². The second-order valence-corrected chi connectivity index (χ2v) is 5.91. The summed E-state index contributed by atoms with van der Waals surface area (Å²) >= 11 is 0. The van der Waals surface area contributed by atoms with Crippen molar-refractivity contribution in [1.82, 2.24) is 0 Å². The van der Waals surface area contributed by atoms with Crippen LogP contribution in [0.2, 0.25) is 0 Å². The SMILES string of the molecule is CN1C(=O)OCc2ccc(S(=O)(=O)Cl)cc21. The number of benzene rings is 1. The zero-order valence-corrected chi connectivity index (χ0v) is 9.88. The van der Waals surface area contributed by atoms with Crippen LogP contribution >= 0.6 is 10.7 Å². The maximum atomic E-state index is 11.2. The summed E-state index contributed by atoms with van der Waals surface area (Å²) in [6, 6.07) is 4.32. The van der Waals surface area contributed by atoms with Crippen molar-refractivity contribution in [1.29, 1.82) is 0 Å². The molecule has 2 rings (SSSR count). The minimum Gasteiger partial charge on any atom is -0.444 e. The molecule has 0 aliphatic carbocycles. The molecule has 16 heavy (non-hydrogen) atoms. The molecule has 86 valence electrons. The van der Waals surface area contributed by atoms with E-state index in [1.165, 1.54) is 24.1 Å². The molecule has 1 aliphatic heterocycles. The maximum Gasteiger partial charge on any atom is 0.414 e. The molecule has 7 heteroatoms. The number of carbonyl (C=O) groups excluding carboxylic acids is 1. The van der Waals surface area contributed by atoms with E-state index in [0.717, 1.165) is 5.56 Å². The van der Waals surface area contributed by atoms with Gasteiger partial charge in [-0.25, -0.2) is 13.2 Å². The van der Waals surface area contributed by atoms with Crippen LogP contribution in [-0.4, -0.2) is 21.6 Å². The molecular formula is C9H8ClNO4S. The van der Waals surface area contributed by atoms with Crippen molar-refractivity contribution in [3.8, 4) is 0 Å². The molecule has 0 bridgehead atoms. The van der Waals surface area contributed by atoms with Gasteiger partial charge in [-0.2, -0.15) is 0 Å². The first-order chi connectivity index (χ1) is 7.39. The van der Waals surface area contributed by atoms with E-state index in [1.807, 2.05) is 0 Å². The molecule has 5 nitrogen and oxygen atoms in total. The third kappa shape index (κ3) is 1.85. The minimum absolute atomic E-state index is 0.0329. The van der Waals surface area contributed by atoms with Gasteiger partial charge in [0, 0.05) is 23.3 Å². The second-order valence-electron chi connectivity index (χ2n) is 3.34. The number of anilines is 1. The summed E-state index contributed by atoms with van der Waals surface area (Å²) in [5.74, 6) is 0. The first kappa shape index (κ1) is 11.2. The van der Waals surface area contributed by atoms with E-state index >= 15 is 0 Å². The molecule has 1 aromatic carbocycles. The van der Waals surface area contributed by atoms with Gasteiger partial charge in [0.25, 0.3) is 9.05 Å². The summed E-state index contributed by atoms with van der Waals surface area (Å²) < 4.78 is 27.1. The highest BCUT2D eigenvalue weighted by Gasteiger charge is 2.24. The Balaban J connectivity index is 2.57.